The Morgan fingerprint density at radius 1 is 0.939 bits per heavy atom. The first-order chi connectivity index (χ1) is 15.7. The summed E-state index contributed by atoms with van der Waals surface area (Å²) in [5, 5.41) is 2.77. The number of carbonyl (C=O) groups excluding carboxylic acids is 1. The third kappa shape index (κ3) is 4.98. The molecule has 1 amide bonds. The van der Waals surface area contributed by atoms with Crippen LogP contribution in [0.5, 0.6) is 0 Å². The molecule has 2 aromatic rings. The molecular weight excluding hydrogens is 462 g/mol. The van der Waals surface area contributed by atoms with E-state index in [2.05, 4.69) is 5.32 Å². The number of hydrogen-bond donors (Lipinski definition) is 1. The SMILES string of the molecule is CCS(=O)(=O)N1Cc2ccccc2C[C@H]1C(=O)Nc1ccc(S(=O)(=O)N2CCCCC2)cc1. The van der Waals surface area contributed by atoms with Crippen LogP contribution < -0.4 is 5.32 Å². The number of carbonyl (C=O) groups is 1. The van der Waals surface area contributed by atoms with Gasteiger partial charge in [0.05, 0.1) is 10.6 Å². The summed E-state index contributed by atoms with van der Waals surface area (Å²) in [6, 6.07) is 12.7. The Kier molecular flexibility index (Phi) is 6.90. The number of piperidine rings is 1. The molecule has 4 rings (SSSR count). The summed E-state index contributed by atoms with van der Waals surface area (Å²) >= 11 is 0. The number of rotatable bonds is 6. The van der Waals surface area contributed by atoms with Crippen LogP contribution in [-0.2, 0) is 37.8 Å². The lowest BCUT2D eigenvalue weighted by molar-refractivity contribution is -0.120. The Balaban J connectivity index is 1.53. The van der Waals surface area contributed by atoms with Crippen LogP contribution in [-0.4, -0.2) is 56.2 Å². The molecule has 2 aliphatic heterocycles. The van der Waals surface area contributed by atoms with Gasteiger partial charge >= 0.3 is 0 Å². The molecule has 0 radical (unpaired) electrons. The first-order valence-corrected chi connectivity index (χ1v) is 14.2. The second-order valence-electron chi connectivity index (χ2n) is 8.41. The van der Waals surface area contributed by atoms with E-state index in [0.717, 1.165) is 30.4 Å². The van der Waals surface area contributed by atoms with Gasteiger partial charge in [0.25, 0.3) is 0 Å². The number of benzene rings is 2. The van der Waals surface area contributed by atoms with Crippen molar-refractivity contribution in [2.24, 2.45) is 0 Å². The number of sulfonamides is 2. The lowest BCUT2D eigenvalue weighted by atomic mass is 9.95. The molecular formula is C23H29N3O5S2. The standard InChI is InChI=1S/C23H29N3O5S2/c1-2-32(28,29)26-17-19-9-5-4-8-18(19)16-22(26)23(27)24-20-10-12-21(13-11-20)33(30,31)25-14-6-3-7-15-25/h4-5,8-13,22H,2-3,6-7,14-17H2,1H3,(H,24,27)/t22-/m0/s1. The van der Waals surface area contributed by atoms with Gasteiger partial charge in [-0.15, -0.1) is 0 Å². The van der Waals surface area contributed by atoms with Crippen LogP contribution in [0.4, 0.5) is 5.69 Å². The molecule has 1 N–H and O–H groups in total. The van der Waals surface area contributed by atoms with Gasteiger partial charge < -0.3 is 5.32 Å². The number of anilines is 1. The van der Waals surface area contributed by atoms with E-state index in [-0.39, 0.29) is 23.6 Å². The van der Waals surface area contributed by atoms with Gasteiger partial charge in [-0.1, -0.05) is 30.7 Å². The topological polar surface area (TPSA) is 104 Å². The smallest absolute Gasteiger partial charge is 0.243 e. The zero-order chi connectivity index (χ0) is 23.6. The van der Waals surface area contributed by atoms with E-state index in [1.54, 1.807) is 19.1 Å². The monoisotopic (exact) mass is 491 g/mol. The first kappa shape index (κ1) is 23.9. The van der Waals surface area contributed by atoms with Crippen LogP contribution in [0.3, 0.4) is 0 Å². The summed E-state index contributed by atoms with van der Waals surface area (Å²) in [7, 11) is -7.16. The summed E-state index contributed by atoms with van der Waals surface area (Å²) in [5.74, 6) is -0.532. The molecule has 178 valence electrons. The third-order valence-corrected chi connectivity index (χ3v) is 10.0. The predicted molar refractivity (Wildman–Crippen MR) is 127 cm³/mol. The van der Waals surface area contributed by atoms with Crippen LogP contribution in [0.1, 0.15) is 37.3 Å². The van der Waals surface area contributed by atoms with Gasteiger partial charge in [-0.05, 0) is 61.6 Å². The highest BCUT2D eigenvalue weighted by molar-refractivity contribution is 7.89. The summed E-state index contributed by atoms with van der Waals surface area (Å²) < 4.78 is 53.9. The highest BCUT2D eigenvalue weighted by Gasteiger charge is 2.38. The highest BCUT2D eigenvalue weighted by Crippen LogP contribution is 2.27. The van der Waals surface area contributed by atoms with Gasteiger partial charge in [0, 0.05) is 25.3 Å². The van der Waals surface area contributed by atoms with Gasteiger partial charge in [0.15, 0.2) is 0 Å². The van der Waals surface area contributed by atoms with Gasteiger partial charge in [0.2, 0.25) is 26.0 Å². The average Bonchev–Trinajstić information content (AvgIpc) is 2.84. The van der Waals surface area contributed by atoms with Gasteiger partial charge in [-0.3, -0.25) is 4.79 Å². The maximum atomic E-state index is 13.1. The predicted octanol–water partition coefficient (Wildman–Crippen LogP) is 2.58. The lowest BCUT2D eigenvalue weighted by Gasteiger charge is -2.34. The van der Waals surface area contributed by atoms with Crippen LogP contribution in [0, 0.1) is 0 Å². The van der Waals surface area contributed by atoms with Crippen molar-refractivity contribution in [3.8, 4) is 0 Å². The zero-order valence-electron chi connectivity index (χ0n) is 18.6. The number of nitrogens with zero attached hydrogens (tertiary/aromatic N) is 2. The number of amides is 1. The van der Waals surface area contributed by atoms with Gasteiger partial charge in [-0.2, -0.15) is 8.61 Å². The lowest BCUT2D eigenvalue weighted by Crippen LogP contribution is -2.51. The summed E-state index contributed by atoms with van der Waals surface area (Å²) in [6.45, 7) is 2.75. The first-order valence-electron chi connectivity index (χ1n) is 11.2. The Morgan fingerprint density at radius 2 is 1.58 bits per heavy atom. The average molecular weight is 492 g/mol. The van der Waals surface area contributed by atoms with Crippen molar-refractivity contribution >= 4 is 31.6 Å². The summed E-state index contributed by atoms with van der Waals surface area (Å²) in [5.41, 5.74) is 2.26. The minimum absolute atomic E-state index is 0.0952. The van der Waals surface area contributed by atoms with E-state index in [4.69, 9.17) is 0 Å². The molecule has 2 aromatic carbocycles. The molecule has 10 heteroatoms. The summed E-state index contributed by atoms with van der Waals surface area (Å²) in [4.78, 5) is 13.3. The number of hydrogen-bond acceptors (Lipinski definition) is 5. The molecule has 0 saturated carbocycles. The maximum Gasteiger partial charge on any atom is 0.243 e. The summed E-state index contributed by atoms with van der Waals surface area (Å²) in [6.07, 6.45) is 3.03. The van der Waals surface area contributed by atoms with Crippen molar-refractivity contribution in [3.63, 3.8) is 0 Å². The molecule has 1 saturated heterocycles. The molecule has 0 aromatic heterocycles. The molecule has 2 aliphatic rings. The van der Waals surface area contributed by atoms with E-state index < -0.39 is 32.0 Å². The van der Waals surface area contributed by atoms with Gasteiger partial charge in [-0.25, -0.2) is 16.8 Å². The fourth-order valence-corrected chi connectivity index (χ4v) is 7.11. The quantitative estimate of drug-likeness (QED) is 0.669. The van der Waals surface area contributed by atoms with Crippen molar-refractivity contribution in [1.29, 1.82) is 0 Å². The maximum absolute atomic E-state index is 13.1. The molecule has 1 fully saturated rings. The third-order valence-electron chi connectivity index (χ3n) is 6.30. The van der Waals surface area contributed by atoms with E-state index in [1.165, 1.54) is 20.7 Å². The largest absolute Gasteiger partial charge is 0.325 e. The Hall–Kier alpha value is -2.27. The van der Waals surface area contributed by atoms with E-state index >= 15 is 0 Å². The molecule has 1 atom stereocenters. The number of nitrogens with one attached hydrogen (secondary N) is 1. The molecule has 33 heavy (non-hydrogen) atoms. The van der Waals surface area contributed by atoms with E-state index in [1.807, 2.05) is 24.3 Å². The number of fused-ring (bicyclic) bond motifs is 1. The minimum Gasteiger partial charge on any atom is -0.325 e. The van der Waals surface area contributed by atoms with Crippen LogP contribution >= 0.6 is 0 Å². The second kappa shape index (κ2) is 9.54. The Labute approximate surface area is 195 Å². The fraction of sp³-hybridized carbons (Fsp3) is 0.435. The second-order valence-corrected chi connectivity index (χ2v) is 12.6. The highest BCUT2D eigenvalue weighted by atomic mass is 32.2. The van der Waals surface area contributed by atoms with E-state index in [0.29, 0.717) is 18.8 Å². The molecule has 0 bridgehead atoms. The van der Waals surface area contributed by atoms with Crippen molar-refractivity contribution in [1.82, 2.24) is 8.61 Å². The van der Waals surface area contributed by atoms with Crippen LogP contribution in [0.25, 0.3) is 0 Å². The van der Waals surface area contributed by atoms with Crippen molar-refractivity contribution in [3.05, 3.63) is 59.7 Å². The fourth-order valence-electron chi connectivity index (χ4n) is 4.37. The molecule has 0 unspecified atom stereocenters. The molecule has 0 spiro atoms. The van der Waals surface area contributed by atoms with Crippen molar-refractivity contribution < 1.29 is 21.6 Å². The molecule has 0 aliphatic carbocycles. The minimum atomic E-state index is -3.60. The normalized spacial score (nSPS) is 20.2. The van der Waals surface area contributed by atoms with Gasteiger partial charge in [0.1, 0.15) is 6.04 Å². The van der Waals surface area contributed by atoms with Crippen LogP contribution in [0.2, 0.25) is 0 Å². The van der Waals surface area contributed by atoms with Crippen molar-refractivity contribution in [2.45, 2.75) is 50.1 Å². The van der Waals surface area contributed by atoms with Crippen molar-refractivity contribution in [2.75, 3.05) is 24.2 Å². The zero-order valence-corrected chi connectivity index (χ0v) is 20.2. The Bertz CT molecular complexity index is 1220. The van der Waals surface area contributed by atoms with E-state index in [9.17, 15) is 21.6 Å². The molecule has 2 heterocycles. The molecule has 8 nitrogen and oxygen atoms in total. The Morgan fingerprint density at radius 3 is 2.21 bits per heavy atom. The van der Waals surface area contributed by atoms with Crippen LogP contribution in [0.15, 0.2) is 53.4 Å².